The van der Waals surface area contributed by atoms with Gasteiger partial charge in [0.05, 0.1) is 5.60 Å². The van der Waals surface area contributed by atoms with E-state index in [0.29, 0.717) is 30.9 Å². The highest BCUT2D eigenvalue weighted by atomic mass is 16.3. The van der Waals surface area contributed by atoms with Gasteiger partial charge in [-0.25, -0.2) is 10.8 Å². The van der Waals surface area contributed by atoms with E-state index >= 15 is 0 Å². The van der Waals surface area contributed by atoms with Gasteiger partial charge in [0, 0.05) is 24.3 Å². The van der Waals surface area contributed by atoms with Crippen LogP contribution in [0.1, 0.15) is 49.2 Å². The number of aliphatic hydroxyl groups is 1. The number of anilines is 1. The Bertz CT molecular complexity index is 514. The van der Waals surface area contributed by atoms with Crippen LogP contribution in [0.15, 0.2) is 12.1 Å². The quantitative estimate of drug-likeness (QED) is 0.568. The van der Waals surface area contributed by atoms with E-state index in [2.05, 4.69) is 10.4 Å². The van der Waals surface area contributed by atoms with Crippen molar-refractivity contribution in [1.82, 2.24) is 9.88 Å². The summed E-state index contributed by atoms with van der Waals surface area (Å²) in [5, 5.41) is 9.97. The molecule has 1 fully saturated rings. The molecule has 0 saturated carbocycles. The van der Waals surface area contributed by atoms with Gasteiger partial charge in [-0.2, -0.15) is 0 Å². The molecule has 0 radical (unpaired) electrons. The predicted molar refractivity (Wildman–Crippen MR) is 77.3 cm³/mol. The molecule has 1 unspecified atom stereocenters. The van der Waals surface area contributed by atoms with Crippen LogP contribution >= 0.6 is 0 Å². The topological polar surface area (TPSA) is 91.5 Å². The molecule has 1 aliphatic heterocycles. The zero-order valence-electron chi connectivity index (χ0n) is 12.2. The number of pyridine rings is 1. The van der Waals surface area contributed by atoms with Crippen molar-refractivity contribution in [2.45, 2.75) is 38.7 Å². The number of carbonyl (C=O) groups excluding carboxylic acids is 1. The van der Waals surface area contributed by atoms with E-state index in [1.807, 2.05) is 13.8 Å². The molecule has 2 rings (SSSR count). The Morgan fingerprint density at radius 3 is 2.75 bits per heavy atom. The van der Waals surface area contributed by atoms with Crippen molar-refractivity contribution >= 4 is 11.7 Å². The molecule has 1 atom stereocenters. The van der Waals surface area contributed by atoms with Crippen LogP contribution in [0.5, 0.6) is 0 Å². The number of nitrogens with zero attached hydrogens (tertiary/aromatic N) is 2. The minimum atomic E-state index is -0.793. The summed E-state index contributed by atoms with van der Waals surface area (Å²) in [6.45, 7) is 6.70. The van der Waals surface area contributed by atoms with Gasteiger partial charge in [0.25, 0.3) is 5.91 Å². The van der Waals surface area contributed by atoms with E-state index in [1.165, 1.54) is 0 Å². The van der Waals surface area contributed by atoms with Crippen molar-refractivity contribution in [1.29, 1.82) is 0 Å². The van der Waals surface area contributed by atoms with E-state index in [4.69, 9.17) is 5.84 Å². The highest BCUT2D eigenvalue weighted by Crippen LogP contribution is 2.24. The molecule has 110 valence electrons. The molecule has 1 aromatic heterocycles. The van der Waals surface area contributed by atoms with Crippen molar-refractivity contribution in [3.05, 3.63) is 23.4 Å². The first-order chi connectivity index (χ1) is 9.32. The second kappa shape index (κ2) is 5.38. The van der Waals surface area contributed by atoms with Gasteiger partial charge in [-0.05, 0) is 31.4 Å². The van der Waals surface area contributed by atoms with Gasteiger partial charge in [-0.1, -0.05) is 13.8 Å². The average molecular weight is 278 g/mol. The number of likely N-dealkylation sites (tertiary alicyclic amines) is 1. The number of aromatic nitrogens is 1. The summed E-state index contributed by atoms with van der Waals surface area (Å²) in [5.41, 5.74) is 3.06. The number of amides is 1. The highest BCUT2D eigenvalue weighted by Gasteiger charge is 2.34. The van der Waals surface area contributed by atoms with Crippen LogP contribution in [0.25, 0.3) is 0 Å². The van der Waals surface area contributed by atoms with Crippen LogP contribution in [0.4, 0.5) is 5.82 Å². The first-order valence-corrected chi connectivity index (χ1v) is 6.82. The number of carbonyl (C=O) groups is 1. The molecule has 2 heterocycles. The summed E-state index contributed by atoms with van der Waals surface area (Å²) in [4.78, 5) is 18.5. The van der Waals surface area contributed by atoms with Crippen molar-refractivity contribution in [3.63, 3.8) is 0 Å². The van der Waals surface area contributed by atoms with Crippen LogP contribution in [-0.4, -0.2) is 39.6 Å². The predicted octanol–water partition coefficient (Wildman–Crippen LogP) is 1.09. The molecule has 0 aliphatic carbocycles. The number of hydrazine groups is 1. The van der Waals surface area contributed by atoms with Crippen molar-refractivity contribution in [2.75, 3.05) is 18.5 Å². The van der Waals surface area contributed by atoms with Gasteiger partial charge in [-0.15, -0.1) is 0 Å². The third-order valence-electron chi connectivity index (χ3n) is 3.57. The normalized spacial score (nSPS) is 22.4. The Morgan fingerprint density at radius 2 is 2.25 bits per heavy atom. The summed E-state index contributed by atoms with van der Waals surface area (Å²) >= 11 is 0. The summed E-state index contributed by atoms with van der Waals surface area (Å²) in [7, 11) is 0. The molecule has 1 aromatic rings. The number of nitrogens with one attached hydrogen (secondary N) is 1. The molecule has 1 saturated heterocycles. The summed E-state index contributed by atoms with van der Waals surface area (Å²) in [6, 6.07) is 3.43. The lowest BCUT2D eigenvalue weighted by atomic mass is 10.1. The van der Waals surface area contributed by atoms with Crippen LogP contribution in [0, 0.1) is 0 Å². The van der Waals surface area contributed by atoms with Crippen LogP contribution < -0.4 is 11.3 Å². The first-order valence-electron chi connectivity index (χ1n) is 6.82. The van der Waals surface area contributed by atoms with E-state index in [9.17, 15) is 9.90 Å². The SMILES string of the molecule is CC(C)c1cc(C(=O)N2CCC(C)(O)C2)cc(NN)n1. The summed E-state index contributed by atoms with van der Waals surface area (Å²) in [5.74, 6) is 6.00. The molecular formula is C14H22N4O2. The smallest absolute Gasteiger partial charge is 0.254 e. The van der Waals surface area contributed by atoms with E-state index in [0.717, 1.165) is 5.69 Å². The van der Waals surface area contributed by atoms with Crippen LogP contribution in [-0.2, 0) is 0 Å². The molecule has 6 nitrogen and oxygen atoms in total. The molecule has 0 bridgehead atoms. The van der Waals surface area contributed by atoms with Gasteiger partial charge >= 0.3 is 0 Å². The third-order valence-corrected chi connectivity index (χ3v) is 3.57. The third kappa shape index (κ3) is 3.08. The van der Waals surface area contributed by atoms with Crippen molar-refractivity contribution < 1.29 is 9.90 Å². The fraction of sp³-hybridized carbons (Fsp3) is 0.571. The van der Waals surface area contributed by atoms with Crippen LogP contribution in [0.3, 0.4) is 0 Å². The summed E-state index contributed by atoms with van der Waals surface area (Å²) in [6.07, 6.45) is 0.600. The van der Waals surface area contributed by atoms with E-state index in [-0.39, 0.29) is 11.8 Å². The Labute approximate surface area is 119 Å². The van der Waals surface area contributed by atoms with E-state index < -0.39 is 5.60 Å². The average Bonchev–Trinajstić information content (AvgIpc) is 2.77. The fourth-order valence-electron chi connectivity index (χ4n) is 2.35. The lowest BCUT2D eigenvalue weighted by Gasteiger charge is -2.20. The molecule has 0 spiro atoms. The minimum Gasteiger partial charge on any atom is -0.388 e. The maximum absolute atomic E-state index is 12.5. The largest absolute Gasteiger partial charge is 0.388 e. The summed E-state index contributed by atoms with van der Waals surface area (Å²) < 4.78 is 0. The number of β-amino-alcohol motifs (C(OH)–C–C–N with tert-alkyl or cyclic N) is 1. The highest BCUT2D eigenvalue weighted by molar-refractivity contribution is 5.95. The number of nitrogen functional groups attached to an aromatic ring is 1. The van der Waals surface area contributed by atoms with Crippen molar-refractivity contribution in [3.8, 4) is 0 Å². The number of rotatable bonds is 3. The monoisotopic (exact) mass is 278 g/mol. The van der Waals surface area contributed by atoms with E-state index in [1.54, 1.807) is 24.0 Å². The Morgan fingerprint density at radius 1 is 1.55 bits per heavy atom. The Balaban J connectivity index is 2.28. The van der Waals surface area contributed by atoms with Crippen LogP contribution in [0.2, 0.25) is 0 Å². The standard InChI is InChI=1S/C14H22N4O2/c1-9(2)11-6-10(7-12(16-11)17-15)13(19)18-5-4-14(3,20)8-18/h6-7,9,20H,4-5,8,15H2,1-3H3,(H,16,17). The van der Waals surface area contributed by atoms with Gasteiger partial charge in [0.1, 0.15) is 5.82 Å². The number of nitrogens with two attached hydrogens (primary N) is 1. The van der Waals surface area contributed by atoms with Gasteiger partial charge in [-0.3, -0.25) is 4.79 Å². The Kier molecular flexibility index (Phi) is 3.96. The second-order valence-corrected chi connectivity index (χ2v) is 5.94. The molecular weight excluding hydrogens is 256 g/mol. The molecule has 20 heavy (non-hydrogen) atoms. The van der Waals surface area contributed by atoms with Gasteiger partial charge in [0.2, 0.25) is 0 Å². The fourth-order valence-corrected chi connectivity index (χ4v) is 2.35. The number of hydrogen-bond acceptors (Lipinski definition) is 5. The lowest BCUT2D eigenvalue weighted by molar-refractivity contribution is 0.0572. The Hall–Kier alpha value is -1.66. The minimum absolute atomic E-state index is 0.0939. The zero-order chi connectivity index (χ0) is 14.9. The van der Waals surface area contributed by atoms with Crippen molar-refractivity contribution in [2.24, 2.45) is 5.84 Å². The molecule has 1 aliphatic rings. The second-order valence-electron chi connectivity index (χ2n) is 5.94. The number of hydrogen-bond donors (Lipinski definition) is 3. The lowest BCUT2D eigenvalue weighted by Crippen LogP contribution is -2.34. The molecule has 1 amide bonds. The maximum Gasteiger partial charge on any atom is 0.254 e. The maximum atomic E-state index is 12.5. The molecule has 0 aromatic carbocycles. The van der Waals surface area contributed by atoms with Gasteiger partial charge < -0.3 is 15.4 Å². The van der Waals surface area contributed by atoms with Gasteiger partial charge in [0.15, 0.2) is 0 Å². The molecule has 6 heteroatoms. The zero-order valence-corrected chi connectivity index (χ0v) is 12.2. The first kappa shape index (κ1) is 14.7. The molecule has 4 N–H and O–H groups in total.